The Balaban J connectivity index is 1.43. The maximum atomic E-state index is 12.9. The summed E-state index contributed by atoms with van der Waals surface area (Å²) >= 11 is 0. The summed E-state index contributed by atoms with van der Waals surface area (Å²) in [4.78, 5) is 55.2. The molecule has 1 aromatic rings. The fraction of sp³-hybridized carbons (Fsp3) is 0.524. The Bertz CT molecular complexity index is 875. The van der Waals surface area contributed by atoms with Crippen molar-refractivity contribution >= 4 is 23.9 Å². The Morgan fingerprint density at radius 3 is 2.17 bits per heavy atom. The van der Waals surface area contributed by atoms with Gasteiger partial charge in [-0.15, -0.1) is 0 Å². The second kappa shape index (κ2) is 6.30. The largest absolute Gasteiger partial charge is 0.444 e. The van der Waals surface area contributed by atoms with E-state index in [9.17, 15) is 19.2 Å². The van der Waals surface area contributed by atoms with Gasteiger partial charge in [-0.2, -0.15) is 0 Å². The summed E-state index contributed by atoms with van der Waals surface area (Å²) in [6.45, 7) is 5.36. The predicted octanol–water partition coefficient (Wildman–Crippen LogP) is 2.97. The molecule has 1 N–H and O–H groups in total. The minimum absolute atomic E-state index is 0.223. The SMILES string of the molecule is CC(C)(C)OC(=O)NC12CCCC(C(=O)ON3C(=O)c4ccccc4C3=O)(C1)C2. The van der Waals surface area contributed by atoms with Crippen LogP contribution in [0.25, 0.3) is 0 Å². The molecule has 1 aliphatic heterocycles. The standard InChI is InChI=1S/C21H24N2O6/c1-19(2,3)28-18(27)22-21-10-6-9-20(11-21,12-21)17(26)29-23-15(24)13-7-4-5-8-14(13)16(23)25/h4-5,7-8H,6,9-12H2,1-3H3,(H,22,27). The number of rotatable bonds is 3. The molecule has 3 aliphatic carbocycles. The molecule has 3 fully saturated rings. The molecule has 1 aromatic carbocycles. The molecule has 0 radical (unpaired) electrons. The summed E-state index contributed by atoms with van der Waals surface area (Å²) in [5.74, 6) is -1.87. The number of amides is 3. The van der Waals surface area contributed by atoms with Crippen molar-refractivity contribution in [1.82, 2.24) is 10.4 Å². The molecule has 4 aliphatic rings. The van der Waals surface area contributed by atoms with Crippen LogP contribution in [0, 0.1) is 5.41 Å². The van der Waals surface area contributed by atoms with Gasteiger partial charge < -0.3 is 14.9 Å². The van der Waals surface area contributed by atoms with Crippen LogP contribution in [0.1, 0.15) is 73.6 Å². The average Bonchev–Trinajstić information content (AvgIpc) is 2.85. The van der Waals surface area contributed by atoms with Gasteiger partial charge in [0.25, 0.3) is 11.8 Å². The molecule has 1 heterocycles. The van der Waals surface area contributed by atoms with Crippen LogP contribution in [-0.2, 0) is 14.4 Å². The molecule has 0 unspecified atom stereocenters. The van der Waals surface area contributed by atoms with Crippen molar-refractivity contribution in [2.75, 3.05) is 0 Å². The van der Waals surface area contributed by atoms with E-state index in [4.69, 9.17) is 9.57 Å². The Labute approximate surface area is 168 Å². The fourth-order valence-corrected chi connectivity index (χ4v) is 4.71. The van der Waals surface area contributed by atoms with Crippen molar-refractivity contribution in [3.63, 3.8) is 0 Å². The van der Waals surface area contributed by atoms with Gasteiger partial charge in [-0.1, -0.05) is 17.2 Å². The zero-order valence-corrected chi connectivity index (χ0v) is 16.7. The van der Waals surface area contributed by atoms with Gasteiger partial charge in [-0.25, -0.2) is 9.59 Å². The first-order valence-electron chi connectivity index (χ1n) is 9.76. The average molecular weight is 400 g/mol. The Morgan fingerprint density at radius 1 is 1.03 bits per heavy atom. The number of ether oxygens (including phenoxy) is 1. The Hall–Kier alpha value is -2.90. The number of fused-ring (bicyclic) bond motifs is 3. The van der Waals surface area contributed by atoms with Crippen molar-refractivity contribution in [2.45, 2.75) is 64.0 Å². The maximum absolute atomic E-state index is 12.9. The number of alkyl carbamates (subject to hydrolysis) is 1. The Kier molecular flexibility index (Phi) is 4.22. The molecular formula is C21H24N2O6. The molecule has 0 aromatic heterocycles. The highest BCUT2D eigenvalue weighted by molar-refractivity contribution is 6.20. The minimum atomic E-state index is -0.803. The van der Waals surface area contributed by atoms with Crippen LogP contribution in [0.15, 0.2) is 24.3 Å². The van der Waals surface area contributed by atoms with E-state index in [1.165, 1.54) is 12.1 Å². The van der Waals surface area contributed by atoms with Gasteiger partial charge in [0.15, 0.2) is 0 Å². The van der Waals surface area contributed by atoms with Crippen molar-refractivity contribution in [3.05, 3.63) is 35.4 Å². The lowest BCUT2D eigenvalue weighted by atomic mass is 9.50. The molecule has 8 nitrogen and oxygen atoms in total. The maximum Gasteiger partial charge on any atom is 0.408 e. The molecule has 0 spiro atoms. The highest BCUT2D eigenvalue weighted by Crippen LogP contribution is 2.59. The topological polar surface area (TPSA) is 102 Å². The summed E-state index contributed by atoms with van der Waals surface area (Å²) in [7, 11) is 0. The van der Waals surface area contributed by atoms with Crippen molar-refractivity contribution < 1.29 is 28.8 Å². The van der Waals surface area contributed by atoms with Gasteiger partial charge in [-0.05, 0) is 65.0 Å². The van der Waals surface area contributed by atoms with E-state index in [-0.39, 0.29) is 11.1 Å². The van der Waals surface area contributed by atoms with Crippen LogP contribution in [-0.4, -0.2) is 40.1 Å². The fourth-order valence-electron chi connectivity index (χ4n) is 4.71. The van der Waals surface area contributed by atoms with E-state index in [0.717, 1.165) is 12.8 Å². The number of carbonyl (C=O) groups is 4. The molecule has 29 heavy (non-hydrogen) atoms. The first kappa shape index (κ1) is 19.4. The number of hydrogen-bond donors (Lipinski definition) is 1. The molecule has 0 atom stereocenters. The number of carbonyl (C=O) groups excluding carboxylic acids is 4. The molecule has 0 saturated heterocycles. The molecule has 3 amide bonds. The van der Waals surface area contributed by atoms with Crippen molar-refractivity contribution in [1.29, 1.82) is 0 Å². The summed E-state index contributed by atoms with van der Waals surface area (Å²) in [6, 6.07) is 6.36. The summed E-state index contributed by atoms with van der Waals surface area (Å²) in [6.07, 6.45) is 2.36. The number of benzene rings is 1. The second-order valence-electron chi connectivity index (χ2n) is 9.22. The summed E-state index contributed by atoms with van der Waals surface area (Å²) < 4.78 is 5.33. The van der Waals surface area contributed by atoms with E-state index < -0.39 is 40.4 Å². The van der Waals surface area contributed by atoms with Crippen molar-refractivity contribution in [2.24, 2.45) is 5.41 Å². The zero-order valence-electron chi connectivity index (χ0n) is 16.7. The lowest BCUT2D eigenvalue weighted by Crippen LogP contribution is -2.67. The lowest BCUT2D eigenvalue weighted by molar-refractivity contribution is -0.198. The Morgan fingerprint density at radius 2 is 1.62 bits per heavy atom. The molecule has 3 saturated carbocycles. The molecule has 154 valence electrons. The summed E-state index contributed by atoms with van der Waals surface area (Å²) in [5, 5.41) is 3.46. The molecule has 8 heteroatoms. The quantitative estimate of drug-likeness (QED) is 0.783. The third-order valence-corrected chi connectivity index (χ3v) is 5.79. The number of nitrogens with zero attached hydrogens (tertiary/aromatic N) is 1. The van der Waals surface area contributed by atoms with Crippen molar-refractivity contribution in [3.8, 4) is 0 Å². The van der Waals surface area contributed by atoms with Crippen LogP contribution in [0.4, 0.5) is 4.79 Å². The second-order valence-corrected chi connectivity index (χ2v) is 9.22. The van der Waals surface area contributed by atoms with Gasteiger partial charge in [-0.3, -0.25) is 9.59 Å². The number of imide groups is 1. The van der Waals surface area contributed by atoms with Crippen LogP contribution in [0.5, 0.6) is 0 Å². The highest BCUT2D eigenvalue weighted by Gasteiger charge is 2.63. The highest BCUT2D eigenvalue weighted by atomic mass is 16.7. The number of hydrogen-bond acceptors (Lipinski definition) is 6. The van der Waals surface area contributed by atoms with Gasteiger partial charge in [0.1, 0.15) is 5.60 Å². The van der Waals surface area contributed by atoms with Crippen LogP contribution in [0.2, 0.25) is 0 Å². The van der Waals surface area contributed by atoms with E-state index in [1.54, 1.807) is 32.9 Å². The van der Waals surface area contributed by atoms with E-state index in [1.807, 2.05) is 0 Å². The van der Waals surface area contributed by atoms with E-state index in [0.29, 0.717) is 24.3 Å². The predicted molar refractivity (Wildman–Crippen MR) is 101 cm³/mol. The van der Waals surface area contributed by atoms with Gasteiger partial charge >= 0.3 is 12.1 Å². The van der Waals surface area contributed by atoms with Crippen LogP contribution < -0.4 is 5.32 Å². The monoisotopic (exact) mass is 400 g/mol. The van der Waals surface area contributed by atoms with E-state index >= 15 is 0 Å². The van der Waals surface area contributed by atoms with Gasteiger partial charge in [0.2, 0.25) is 0 Å². The first-order valence-corrected chi connectivity index (χ1v) is 9.76. The van der Waals surface area contributed by atoms with Crippen LogP contribution >= 0.6 is 0 Å². The van der Waals surface area contributed by atoms with Gasteiger partial charge in [0.05, 0.1) is 16.5 Å². The molecular weight excluding hydrogens is 376 g/mol. The first-order chi connectivity index (χ1) is 13.5. The number of nitrogens with one attached hydrogen (secondary N) is 1. The minimum Gasteiger partial charge on any atom is -0.444 e. The molecule has 5 rings (SSSR count). The third-order valence-electron chi connectivity index (χ3n) is 5.79. The van der Waals surface area contributed by atoms with Gasteiger partial charge in [0, 0.05) is 5.54 Å². The van der Waals surface area contributed by atoms with Crippen LogP contribution in [0.3, 0.4) is 0 Å². The van der Waals surface area contributed by atoms with E-state index in [2.05, 4.69) is 5.32 Å². The number of hydroxylamine groups is 2. The molecule has 2 bridgehead atoms. The normalized spacial score (nSPS) is 27.8. The summed E-state index contributed by atoms with van der Waals surface area (Å²) in [5.41, 5.74) is -1.48. The zero-order chi connectivity index (χ0) is 21.0. The lowest BCUT2D eigenvalue weighted by Gasteiger charge is -2.58. The third kappa shape index (κ3) is 3.26. The smallest absolute Gasteiger partial charge is 0.408 e.